The average molecular weight is 271 g/mol. The Morgan fingerprint density at radius 2 is 2.00 bits per heavy atom. The van der Waals surface area contributed by atoms with Crippen LogP contribution in [-0.2, 0) is 0 Å². The van der Waals surface area contributed by atoms with Gasteiger partial charge in [-0.05, 0) is 24.3 Å². The van der Waals surface area contributed by atoms with Crippen LogP contribution in [0, 0.1) is 0 Å². The van der Waals surface area contributed by atoms with Crippen molar-refractivity contribution >= 4 is 17.3 Å². The van der Waals surface area contributed by atoms with E-state index in [9.17, 15) is 0 Å². The quantitative estimate of drug-likeness (QED) is 0.778. The lowest BCUT2D eigenvalue weighted by Crippen LogP contribution is -1.98. The minimum absolute atomic E-state index is 0.666. The summed E-state index contributed by atoms with van der Waals surface area (Å²) in [6, 6.07) is 9.34. The van der Waals surface area contributed by atoms with Crippen LogP contribution in [0.1, 0.15) is 0 Å². The normalized spacial score (nSPS) is 10.6. The zero-order valence-electron chi connectivity index (χ0n) is 9.99. The Morgan fingerprint density at radius 1 is 1.11 bits per heavy atom. The van der Waals surface area contributed by atoms with Crippen molar-refractivity contribution in [3.05, 3.63) is 60.3 Å². The van der Waals surface area contributed by atoms with Gasteiger partial charge in [0.25, 0.3) is 0 Å². The minimum atomic E-state index is 0.666. The number of pyridine rings is 1. The molecule has 0 amide bonds. The van der Waals surface area contributed by atoms with Crippen LogP contribution in [0.25, 0.3) is 16.9 Å². The molecule has 3 aromatic rings. The Labute approximate surface area is 115 Å². The summed E-state index contributed by atoms with van der Waals surface area (Å²) in [4.78, 5) is 8.29. The number of nitrogen functional groups attached to an aromatic ring is 1. The van der Waals surface area contributed by atoms with Gasteiger partial charge in [-0.25, -0.2) is 4.98 Å². The van der Waals surface area contributed by atoms with Gasteiger partial charge in [-0.1, -0.05) is 17.7 Å². The maximum Gasteiger partial charge on any atom is 0.0997 e. The summed E-state index contributed by atoms with van der Waals surface area (Å²) in [6.07, 6.45) is 6.88. The van der Waals surface area contributed by atoms with E-state index in [0.29, 0.717) is 10.7 Å². The lowest BCUT2D eigenvalue weighted by Gasteiger charge is -2.10. The van der Waals surface area contributed by atoms with Crippen molar-refractivity contribution in [3.63, 3.8) is 0 Å². The van der Waals surface area contributed by atoms with Gasteiger partial charge in [0.1, 0.15) is 0 Å². The van der Waals surface area contributed by atoms with Crippen LogP contribution in [0.15, 0.2) is 55.2 Å². The average Bonchev–Trinajstić information content (AvgIpc) is 2.88. The first kappa shape index (κ1) is 11.7. The number of imidazole rings is 1. The van der Waals surface area contributed by atoms with Gasteiger partial charge >= 0.3 is 0 Å². The topological polar surface area (TPSA) is 56.7 Å². The van der Waals surface area contributed by atoms with Crippen molar-refractivity contribution in [1.82, 2.24) is 14.5 Å². The van der Waals surface area contributed by atoms with Crippen molar-refractivity contribution in [2.75, 3.05) is 5.73 Å². The molecule has 0 radical (unpaired) electrons. The lowest BCUT2D eigenvalue weighted by molar-refractivity contribution is 1.06. The van der Waals surface area contributed by atoms with Crippen LogP contribution >= 0.6 is 11.6 Å². The first-order valence-electron chi connectivity index (χ1n) is 5.74. The van der Waals surface area contributed by atoms with Gasteiger partial charge < -0.3 is 5.73 Å². The molecule has 5 heteroatoms. The molecule has 0 atom stereocenters. The van der Waals surface area contributed by atoms with Gasteiger partial charge in [0.15, 0.2) is 0 Å². The highest BCUT2D eigenvalue weighted by Gasteiger charge is 2.10. The van der Waals surface area contributed by atoms with Crippen LogP contribution < -0.4 is 5.73 Å². The van der Waals surface area contributed by atoms with E-state index in [1.165, 1.54) is 0 Å². The second-order valence-electron chi connectivity index (χ2n) is 4.09. The predicted octanol–water partition coefficient (Wildman–Crippen LogP) is 3.17. The van der Waals surface area contributed by atoms with Gasteiger partial charge in [0.2, 0.25) is 0 Å². The minimum Gasteiger partial charge on any atom is -0.398 e. The molecule has 2 heterocycles. The maximum atomic E-state index is 6.02. The van der Waals surface area contributed by atoms with Crippen molar-refractivity contribution < 1.29 is 0 Å². The number of hydrogen-bond acceptors (Lipinski definition) is 3. The number of nitrogens with zero attached hydrogens (tertiary/aromatic N) is 3. The molecule has 0 aliphatic heterocycles. The molecule has 0 saturated carbocycles. The fourth-order valence-electron chi connectivity index (χ4n) is 1.95. The van der Waals surface area contributed by atoms with Crippen LogP contribution in [0.5, 0.6) is 0 Å². The molecule has 3 rings (SSSR count). The molecule has 0 bridgehead atoms. The molecule has 1 aromatic carbocycles. The van der Waals surface area contributed by atoms with E-state index in [-0.39, 0.29) is 0 Å². The second kappa shape index (κ2) is 4.74. The molecule has 0 fully saturated rings. The van der Waals surface area contributed by atoms with Crippen molar-refractivity contribution in [3.8, 4) is 16.9 Å². The van der Waals surface area contributed by atoms with E-state index >= 15 is 0 Å². The van der Waals surface area contributed by atoms with Crippen LogP contribution in [-0.4, -0.2) is 14.5 Å². The SMILES string of the molecule is Nc1ccncc1-c1cncn1-c1cccc(Cl)c1. The van der Waals surface area contributed by atoms with Crippen LogP contribution in [0.2, 0.25) is 5.02 Å². The van der Waals surface area contributed by atoms with Gasteiger partial charge in [0, 0.05) is 34.4 Å². The predicted molar refractivity (Wildman–Crippen MR) is 76.2 cm³/mol. The summed E-state index contributed by atoms with van der Waals surface area (Å²) >= 11 is 6.02. The number of aromatic nitrogens is 3. The van der Waals surface area contributed by atoms with E-state index in [4.69, 9.17) is 17.3 Å². The molecule has 0 spiro atoms. The standard InChI is InChI=1S/C14H11ClN4/c15-10-2-1-3-11(6-10)19-9-18-8-14(19)12-7-17-5-4-13(12)16/h1-9H,(H2,16,17). The summed E-state index contributed by atoms with van der Waals surface area (Å²) in [5, 5.41) is 0.677. The summed E-state index contributed by atoms with van der Waals surface area (Å²) in [5.41, 5.74) is 9.31. The van der Waals surface area contributed by atoms with Crippen LogP contribution in [0.3, 0.4) is 0 Å². The third kappa shape index (κ3) is 2.18. The Balaban J connectivity index is 2.16. The Morgan fingerprint density at radius 3 is 2.79 bits per heavy atom. The number of halogens is 1. The molecule has 4 nitrogen and oxygen atoms in total. The molecule has 19 heavy (non-hydrogen) atoms. The summed E-state index contributed by atoms with van der Waals surface area (Å²) in [7, 11) is 0. The van der Waals surface area contributed by atoms with E-state index in [1.54, 1.807) is 31.0 Å². The zero-order valence-corrected chi connectivity index (χ0v) is 10.7. The molecule has 2 aromatic heterocycles. The largest absolute Gasteiger partial charge is 0.398 e. The monoisotopic (exact) mass is 270 g/mol. The Hall–Kier alpha value is -2.33. The van der Waals surface area contributed by atoms with E-state index in [1.807, 2.05) is 28.8 Å². The highest BCUT2D eigenvalue weighted by molar-refractivity contribution is 6.30. The van der Waals surface area contributed by atoms with Crippen molar-refractivity contribution in [2.24, 2.45) is 0 Å². The first-order chi connectivity index (χ1) is 9.25. The fourth-order valence-corrected chi connectivity index (χ4v) is 2.13. The van der Waals surface area contributed by atoms with Crippen LogP contribution in [0.4, 0.5) is 5.69 Å². The molecule has 0 unspecified atom stereocenters. The van der Waals surface area contributed by atoms with Crippen molar-refractivity contribution in [1.29, 1.82) is 0 Å². The maximum absolute atomic E-state index is 6.02. The Kier molecular flexibility index (Phi) is 2.93. The van der Waals surface area contributed by atoms with Gasteiger partial charge in [-0.3, -0.25) is 9.55 Å². The number of nitrogens with two attached hydrogens (primary N) is 1. The second-order valence-corrected chi connectivity index (χ2v) is 4.53. The fraction of sp³-hybridized carbons (Fsp3) is 0. The van der Waals surface area contributed by atoms with Gasteiger partial charge in [0.05, 0.1) is 18.2 Å². The molecule has 0 aliphatic rings. The molecule has 2 N–H and O–H groups in total. The van der Waals surface area contributed by atoms with E-state index in [0.717, 1.165) is 16.9 Å². The highest BCUT2D eigenvalue weighted by atomic mass is 35.5. The smallest absolute Gasteiger partial charge is 0.0997 e. The lowest BCUT2D eigenvalue weighted by atomic mass is 10.2. The number of rotatable bonds is 2. The molecular formula is C14H11ClN4. The third-order valence-corrected chi connectivity index (χ3v) is 3.09. The molecule has 0 saturated heterocycles. The number of anilines is 1. The number of hydrogen-bond donors (Lipinski definition) is 1. The first-order valence-corrected chi connectivity index (χ1v) is 6.11. The molecule has 94 valence electrons. The molecular weight excluding hydrogens is 260 g/mol. The third-order valence-electron chi connectivity index (χ3n) is 2.86. The number of benzene rings is 1. The summed E-state index contributed by atoms with van der Waals surface area (Å²) in [5.74, 6) is 0. The van der Waals surface area contributed by atoms with Gasteiger partial charge in [-0.2, -0.15) is 0 Å². The zero-order chi connectivity index (χ0) is 13.2. The summed E-state index contributed by atoms with van der Waals surface area (Å²) < 4.78 is 1.93. The summed E-state index contributed by atoms with van der Waals surface area (Å²) in [6.45, 7) is 0. The molecule has 0 aliphatic carbocycles. The highest BCUT2D eigenvalue weighted by Crippen LogP contribution is 2.27. The van der Waals surface area contributed by atoms with E-state index in [2.05, 4.69) is 9.97 Å². The van der Waals surface area contributed by atoms with Gasteiger partial charge in [-0.15, -0.1) is 0 Å². The van der Waals surface area contributed by atoms with Crippen molar-refractivity contribution in [2.45, 2.75) is 0 Å². The van der Waals surface area contributed by atoms with E-state index < -0.39 is 0 Å². The Bertz CT molecular complexity index is 721.